The first kappa shape index (κ1) is 16.6. The van der Waals surface area contributed by atoms with Gasteiger partial charge in [-0.25, -0.2) is 4.79 Å². The highest BCUT2D eigenvalue weighted by atomic mass is 16.5. The summed E-state index contributed by atoms with van der Waals surface area (Å²) in [5.74, 6) is -2.29. The second kappa shape index (κ2) is 7.34. The van der Waals surface area contributed by atoms with Crippen molar-refractivity contribution in [2.75, 3.05) is 6.54 Å². The van der Waals surface area contributed by atoms with Gasteiger partial charge in [0.05, 0.1) is 5.92 Å². The highest BCUT2D eigenvalue weighted by molar-refractivity contribution is 6.00. The molecule has 2 N–H and O–H groups in total. The smallest absolute Gasteiger partial charge is 0.329 e. The third kappa shape index (κ3) is 4.53. The van der Waals surface area contributed by atoms with Crippen molar-refractivity contribution in [2.24, 2.45) is 5.92 Å². The molecule has 2 aliphatic rings. The van der Waals surface area contributed by atoms with Crippen LogP contribution in [0.25, 0.3) is 0 Å². The second-order valence-electron chi connectivity index (χ2n) is 4.42. The quantitative estimate of drug-likeness (QED) is 0.331. The molecule has 0 spiro atoms. The summed E-state index contributed by atoms with van der Waals surface area (Å²) in [6.07, 6.45) is 4.87. The zero-order chi connectivity index (χ0) is 16.0. The van der Waals surface area contributed by atoms with E-state index in [0.717, 1.165) is 6.08 Å². The van der Waals surface area contributed by atoms with Gasteiger partial charge in [-0.2, -0.15) is 5.06 Å². The number of carbonyl (C=O) groups excluding carboxylic acids is 3. The van der Waals surface area contributed by atoms with E-state index in [1.54, 1.807) is 6.08 Å². The summed E-state index contributed by atoms with van der Waals surface area (Å²) in [4.78, 5) is 43.4. The van der Waals surface area contributed by atoms with Crippen molar-refractivity contribution >= 4 is 23.7 Å². The number of rotatable bonds is 3. The maximum absolute atomic E-state index is 11.4. The molecule has 2 rings (SSSR count). The third-order valence-corrected chi connectivity index (χ3v) is 2.99. The zero-order valence-electron chi connectivity index (χ0n) is 11.3. The third-order valence-electron chi connectivity index (χ3n) is 2.99. The lowest BCUT2D eigenvalue weighted by Gasteiger charge is -2.08. The van der Waals surface area contributed by atoms with E-state index in [0.29, 0.717) is 13.0 Å². The van der Waals surface area contributed by atoms with Gasteiger partial charge in [-0.3, -0.25) is 19.6 Å². The van der Waals surface area contributed by atoms with Crippen molar-refractivity contribution in [2.45, 2.75) is 19.3 Å². The highest BCUT2D eigenvalue weighted by Crippen LogP contribution is 2.18. The van der Waals surface area contributed by atoms with Gasteiger partial charge in [0.1, 0.15) is 0 Å². The van der Waals surface area contributed by atoms with Gasteiger partial charge in [0.15, 0.2) is 0 Å². The van der Waals surface area contributed by atoms with E-state index in [4.69, 9.17) is 10.3 Å². The Balaban J connectivity index is 0.000000235. The summed E-state index contributed by atoms with van der Waals surface area (Å²) in [5.41, 5.74) is 0. The minimum absolute atomic E-state index is 0.0764. The minimum Gasteiger partial charge on any atom is -0.478 e. The van der Waals surface area contributed by atoms with E-state index < -0.39 is 17.8 Å². The minimum atomic E-state index is -1.05. The van der Waals surface area contributed by atoms with Crippen LogP contribution in [-0.2, 0) is 19.2 Å². The number of nitrogens with zero attached hydrogens (tertiary/aromatic N) is 2. The van der Waals surface area contributed by atoms with Crippen LogP contribution in [0, 0.1) is 5.92 Å². The molecule has 2 saturated heterocycles. The van der Waals surface area contributed by atoms with E-state index in [1.165, 1.54) is 11.1 Å². The molecule has 2 fully saturated rings. The van der Waals surface area contributed by atoms with Gasteiger partial charge >= 0.3 is 5.97 Å². The first-order valence-corrected chi connectivity index (χ1v) is 6.25. The number of carboxylic acid groups (broad SMARTS) is 1. The predicted octanol–water partition coefficient (Wildman–Crippen LogP) is 0.144. The Kier molecular flexibility index (Phi) is 5.79. The normalized spacial score (nSPS) is 21.8. The lowest BCUT2D eigenvalue weighted by molar-refractivity contribution is -0.171. The molecule has 3 amide bonds. The molecular formula is C13H16N2O6. The number of hydrogen-bond acceptors (Lipinski definition) is 5. The summed E-state index contributed by atoms with van der Waals surface area (Å²) < 4.78 is 0. The SMILES string of the molecule is C=CC1CCN(C=CC(=O)O)C1=O.O=C1CCC(=O)N1O. The number of likely N-dealkylation sites (tertiary alicyclic amines) is 1. The fourth-order valence-corrected chi connectivity index (χ4v) is 1.81. The Hall–Kier alpha value is -2.48. The first-order chi connectivity index (χ1) is 9.86. The van der Waals surface area contributed by atoms with Gasteiger partial charge in [0.2, 0.25) is 5.91 Å². The van der Waals surface area contributed by atoms with Gasteiger partial charge in [0, 0.05) is 31.7 Å². The van der Waals surface area contributed by atoms with Crippen molar-refractivity contribution in [3.63, 3.8) is 0 Å². The Morgan fingerprint density at radius 1 is 1.24 bits per heavy atom. The lowest BCUT2D eigenvalue weighted by Crippen LogP contribution is -2.24. The van der Waals surface area contributed by atoms with Gasteiger partial charge in [-0.15, -0.1) is 6.58 Å². The van der Waals surface area contributed by atoms with Crippen LogP contribution in [0.5, 0.6) is 0 Å². The van der Waals surface area contributed by atoms with Crippen molar-refractivity contribution in [1.82, 2.24) is 9.96 Å². The van der Waals surface area contributed by atoms with Crippen molar-refractivity contribution in [3.8, 4) is 0 Å². The average molecular weight is 296 g/mol. The second-order valence-corrected chi connectivity index (χ2v) is 4.42. The lowest BCUT2D eigenvalue weighted by atomic mass is 10.1. The standard InChI is InChI=1S/C9H11NO3.C4H5NO3/c1-2-7-3-5-10(9(7)13)6-4-8(11)12;6-3-1-2-4(7)5(3)8/h2,4,6-7H,1,3,5H2,(H,11,12);8H,1-2H2. The van der Waals surface area contributed by atoms with Crippen LogP contribution in [0.4, 0.5) is 0 Å². The Labute approximate surface area is 120 Å². The van der Waals surface area contributed by atoms with Gasteiger partial charge in [-0.05, 0) is 6.42 Å². The Bertz CT molecular complexity index is 483. The Morgan fingerprint density at radius 2 is 1.81 bits per heavy atom. The molecule has 0 aromatic rings. The zero-order valence-corrected chi connectivity index (χ0v) is 11.3. The van der Waals surface area contributed by atoms with Gasteiger partial charge in [0.25, 0.3) is 11.8 Å². The molecule has 8 nitrogen and oxygen atoms in total. The van der Waals surface area contributed by atoms with E-state index in [-0.39, 0.29) is 29.7 Å². The summed E-state index contributed by atoms with van der Waals surface area (Å²) in [6.45, 7) is 4.10. The summed E-state index contributed by atoms with van der Waals surface area (Å²) in [6, 6.07) is 0. The molecule has 0 aromatic carbocycles. The van der Waals surface area contributed by atoms with E-state index in [1.807, 2.05) is 0 Å². The molecule has 114 valence electrons. The number of aliphatic carboxylic acids is 1. The van der Waals surface area contributed by atoms with E-state index >= 15 is 0 Å². The summed E-state index contributed by atoms with van der Waals surface area (Å²) in [5, 5.41) is 16.9. The maximum Gasteiger partial charge on any atom is 0.329 e. The maximum atomic E-state index is 11.4. The van der Waals surface area contributed by atoms with Crippen LogP contribution in [0.2, 0.25) is 0 Å². The Morgan fingerprint density at radius 3 is 2.14 bits per heavy atom. The largest absolute Gasteiger partial charge is 0.478 e. The fourth-order valence-electron chi connectivity index (χ4n) is 1.81. The van der Waals surface area contributed by atoms with Crippen LogP contribution in [0.15, 0.2) is 24.9 Å². The van der Waals surface area contributed by atoms with Crippen molar-refractivity contribution in [3.05, 3.63) is 24.9 Å². The average Bonchev–Trinajstić information content (AvgIpc) is 2.95. The number of imide groups is 1. The van der Waals surface area contributed by atoms with Gasteiger partial charge < -0.3 is 10.0 Å². The molecule has 2 aliphatic heterocycles. The molecule has 8 heteroatoms. The molecule has 21 heavy (non-hydrogen) atoms. The fraction of sp³-hybridized carbons (Fsp3) is 0.385. The monoisotopic (exact) mass is 296 g/mol. The summed E-state index contributed by atoms with van der Waals surface area (Å²) in [7, 11) is 0. The number of carboxylic acids is 1. The molecule has 0 aliphatic carbocycles. The van der Waals surface area contributed by atoms with E-state index in [9.17, 15) is 19.2 Å². The van der Waals surface area contributed by atoms with Crippen LogP contribution in [-0.4, -0.2) is 50.5 Å². The topological polar surface area (TPSA) is 115 Å². The molecule has 0 radical (unpaired) electrons. The van der Waals surface area contributed by atoms with Crippen molar-refractivity contribution in [1.29, 1.82) is 0 Å². The number of amides is 3. The van der Waals surface area contributed by atoms with Crippen molar-refractivity contribution < 1.29 is 29.5 Å². The van der Waals surface area contributed by atoms with Crippen LogP contribution < -0.4 is 0 Å². The molecule has 0 saturated carbocycles. The molecule has 0 bridgehead atoms. The molecule has 0 aromatic heterocycles. The molecule has 2 heterocycles. The molecular weight excluding hydrogens is 280 g/mol. The molecule has 1 atom stereocenters. The van der Waals surface area contributed by atoms with Crippen LogP contribution >= 0.6 is 0 Å². The van der Waals surface area contributed by atoms with Crippen LogP contribution in [0.3, 0.4) is 0 Å². The number of carbonyl (C=O) groups is 4. The van der Waals surface area contributed by atoms with Gasteiger partial charge in [-0.1, -0.05) is 6.08 Å². The first-order valence-electron chi connectivity index (χ1n) is 6.25. The number of hydrogen-bond donors (Lipinski definition) is 2. The molecule has 1 unspecified atom stereocenters. The summed E-state index contributed by atoms with van der Waals surface area (Å²) >= 11 is 0. The number of hydroxylamine groups is 2. The highest BCUT2D eigenvalue weighted by Gasteiger charge is 2.27. The van der Waals surface area contributed by atoms with E-state index in [2.05, 4.69) is 6.58 Å². The predicted molar refractivity (Wildman–Crippen MR) is 69.7 cm³/mol. The van der Waals surface area contributed by atoms with Crippen LogP contribution in [0.1, 0.15) is 19.3 Å².